The van der Waals surface area contributed by atoms with Gasteiger partial charge in [0.15, 0.2) is 5.11 Å². The van der Waals surface area contributed by atoms with Crippen LogP contribution in [0.4, 0.5) is 21.5 Å². The highest BCUT2D eigenvalue weighted by Gasteiger charge is 2.50. The molecule has 1 saturated heterocycles. The van der Waals surface area contributed by atoms with Gasteiger partial charge in [-0.05, 0) is 113 Å². The standard InChI is InChI=1S/C35H39FN4O4S/c1-34(2,3)44-31(41)23-43-19-7-6-18-38-28-13-8-24(9-14-28)25-10-15-29(16-11-25)40-33(45)39(32(42)35(40,4)5)30-17-12-26(22-37)27(20-30)21-36/h8-17,20,38H,6-7,18-19,21,23H2,1-5H3. The molecule has 1 N–H and O–H groups in total. The van der Waals surface area contributed by atoms with Gasteiger partial charge in [0.05, 0.1) is 17.3 Å². The molecule has 0 atom stereocenters. The molecule has 1 aliphatic rings. The molecular weight excluding hydrogens is 591 g/mol. The molecule has 45 heavy (non-hydrogen) atoms. The van der Waals surface area contributed by atoms with E-state index >= 15 is 0 Å². The van der Waals surface area contributed by atoms with Crippen LogP contribution in [0.3, 0.4) is 0 Å². The molecule has 1 fully saturated rings. The number of hydrogen-bond donors (Lipinski definition) is 1. The van der Waals surface area contributed by atoms with Crippen molar-refractivity contribution in [1.29, 1.82) is 5.26 Å². The first-order valence-electron chi connectivity index (χ1n) is 14.9. The van der Waals surface area contributed by atoms with Crippen molar-refractivity contribution in [2.24, 2.45) is 0 Å². The van der Waals surface area contributed by atoms with Crippen molar-refractivity contribution in [2.75, 3.05) is 34.9 Å². The first kappa shape index (κ1) is 33.6. The van der Waals surface area contributed by atoms with Gasteiger partial charge in [-0.15, -0.1) is 0 Å². The molecule has 236 valence electrons. The lowest BCUT2D eigenvalue weighted by Gasteiger charge is -2.29. The molecule has 1 heterocycles. The number of hydrogen-bond acceptors (Lipinski definition) is 7. The number of alkyl halides is 1. The second-order valence-electron chi connectivity index (χ2n) is 12.3. The summed E-state index contributed by atoms with van der Waals surface area (Å²) in [7, 11) is 0. The van der Waals surface area contributed by atoms with E-state index in [1.807, 2.05) is 75.4 Å². The third-order valence-corrected chi connectivity index (χ3v) is 7.67. The van der Waals surface area contributed by atoms with Crippen LogP contribution < -0.4 is 15.1 Å². The van der Waals surface area contributed by atoms with Gasteiger partial charge in [-0.1, -0.05) is 24.3 Å². The molecule has 0 bridgehead atoms. The molecule has 0 saturated carbocycles. The van der Waals surface area contributed by atoms with Gasteiger partial charge >= 0.3 is 5.97 Å². The Labute approximate surface area is 269 Å². The molecule has 10 heteroatoms. The SMILES string of the molecule is CC(C)(C)OC(=O)COCCCCNc1ccc(-c2ccc(N3C(=S)N(c4ccc(C#N)c(CF)c4)C(=O)C3(C)C)cc2)cc1. The number of benzene rings is 3. The van der Waals surface area contributed by atoms with Crippen LogP contribution in [0.5, 0.6) is 0 Å². The summed E-state index contributed by atoms with van der Waals surface area (Å²) in [6.07, 6.45) is 1.72. The predicted molar refractivity (Wildman–Crippen MR) is 179 cm³/mol. The fourth-order valence-electron chi connectivity index (χ4n) is 5.07. The van der Waals surface area contributed by atoms with Gasteiger partial charge in [0, 0.05) is 30.1 Å². The summed E-state index contributed by atoms with van der Waals surface area (Å²) in [5.41, 5.74) is 3.22. The van der Waals surface area contributed by atoms with Crippen molar-refractivity contribution in [3.63, 3.8) is 0 Å². The number of nitriles is 1. The number of esters is 1. The fraction of sp³-hybridized carbons (Fsp3) is 0.371. The van der Waals surface area contributed by atoms with E-state index in [4.69, 9.17) is 21.7 Å². The lowest BCUT2D eigenvalue weighted by atomic mass is 10.0. The number of nitrogens with zero attached hydrogens (tertiary/aromatic N) is 3. The normalized spacial score (nSPS) is 14.4. The minimum absolute atomic E-state index is 0.0346. The first-order chi connectivity index (χ1) is 21.4. The average Bonchev–Trinajstić information content (AvgIpc) is 3.18. The Balaban J connectivity index is 1.33. The van der Waals surface area contributed by atoms with Crippen molar-refractivity contribution in [2.45, 2.75) is 65.3 Å². The van der Waals surface area contributed by atoms with E-state index in [0.717, 1.165) is 41.9 Å². The van der Waals surface area contributed by atoms with E-state index in [-0.39, 0.29) is 34.7 Å². The summed E-state index contributed by atoms with van der Waals surface area (Å²) in [6, 6.07) is 22.6. The van der Waals surface area contributed by atoms with Crippen molar-refractivity contribution in [3.05, 3.63) is 77.9 Å². The molecule has 1 aliphatic heterocycles. The van der Waals surface area contributed by atoms with Crippen LogP contribution in [0.25, 0.3) is 11.1 Å². The number of carbonyl (C=O) groups is 2. The van der Waals surface area contributed by atoms with Gasteiger partial charge in [0.25, 0.3) is 5.91 Å². The van der Waals surface area contributed by atoms with Crippen LogP contribution in [-0.2, 0) is 25.7 Å². The molecule has 8 nitrogen and oxygen atoms in total. The Morgan fingerprint density at radius 3 is 2.22 bits per heavy atom. The second kappa shape index (κ2) is 14.2. The second-order valence-corrected chi connectivity index (χ2v) is 12.7. The minimum atomic E-state index is -0.972. The molecular formula is C35H39FN4O4S. The maximum absolute atomic E-state index is 13.6. The maximum atomic E-state index is 13.6. The minimum Gasteiger partial charge on any atom is -0.458 e. The molecule has 0 aliphatic carbocycles. The maximum Gasteiger partial charge on any atom is 0.332 e. The largest absolute Gasteiger partial charge is 0.458 e. The predicted octanol–water partition coefficient (Wildman–Crippen LogP) is 7.16. The third kappa shape index (κ3) is 8.04. The number of carbonyl (C=O) groups excluding carboxylic acids is 2. The molecule has 4 rings (SSSR count). The summed E-state index contributed by atoms with van der Waals surface area (Å²) in [6.45, 7) is 9.53. The number of anilines is 3. The van der Waals surface area contributed by atoms with Gasteiger partial charge in [0.1, 0.15) is 24.4 Å². The van der Waals surface area contributed by atoms with Gasteiger partial charge < -0.3 is 19.7 Å². The summed E-state index contributed by atoms with van der Waals surface area (Å²) >= 11 is 5.76. The summed E-state index contributed by atoms with van der Waals surface area (Å²) in [5, 5.41) is 13.0. The zero-order valence-electron chi connectivity index (χ0n) is 26.4. The quantitative estimate of drug-likeness (QED) is 0.128. The summed E-state index contributed by atoms with van der Waals surface area (Å²) in [4.78, 5) is 28.4. The zero-order valence-corrected chi connectivity index (χ0v) is 27.2. The van der Waals surface area contributed by atoms with E-state index < -0.39 is 17.8 Å². The van der Waals surface area contributed by atoms with Crippen LogP contribution in [-0.4, -0.2) is 47.9 Å². The first-order valence-corrected chi connectivity index (χ1v) is 15.3. The number of rotatable bonds is 12. The molecule has 0 aromatic heterocycles. The summed E-state index contributed by atoms with van der Waals surface area (Å²) < 4.78 is 24.2. The number of unbranched alkanes of at least 4 members (excludes halogenated alkanes) is 1. The monoisotopic (exact) mass is 630 g/mol. The Morgan fingerprint density at radius 2 is 1.62 bits per heavy atom. The average molecular weight is 631 g/mol. The van der Waals surface area contributed by atoms with E-state index in [1.165, 1.54) is 17.0 Å². The van der Waals surface area contributed by atoms with Gasteiger partial charge in [-0.2, -0.15) is 5.26 Å². The van der Waals surface area contributed by atoms with E-state index in [0.29, 0.717) is 12.3 Å². The molecule has 1 amide bonds. The highest BCUT2D eigenvalue weighted by atomic mass is 32.1. The molecule has 3 aromatic carbocycles. The van der Waals surface area contributed by atoms with Crippen LogP contribution in [0.15, 0.2) is 66.7 Å². The fourth-order valence-corrected chi connectivity index (χ4v) is 5.59. The van der Waals surface area contributed by atoms with Gasteiger partial charge in [-0.3, -0.25) is 9.69 Å². The Hall–Kier alpha value is -4.33. The molecule has 0 radical (unpaired) electrons. The van der Waals surface area contributed by atoms with Crippen molar-refractivity contribution in [1.82, 2.24) is 0 Å². The number of ether oxygens (including phenoxy) is 2. The lowest BCUT2D eigenvalue weighted by molar-refractivity contribution is -0.160. The van der Waals surface area contributed by atoms with Crippen LogP contribution in [0, 0.1) is 11.3 Å². The summed E-state index contributed by atoms with van der Waals surface area (Å²) in [5.74, 6) is -0.586. The third-order valence-electron chi connectivity index (χ3n) is 7.31. The van der Waals surface area contributed by atoms with Crippen LogP contribution in [0.2, 0.25) is 0 Å². The Kier molecular flexibility index (Phi) is 10.6. The van der Waals surface area contributed by atoms with E-state index in [2.05, 4.69) is 5.32 Å². The number of halogens is 1. The van der Waals surface area contributed by atoms with Crippen LogP contribution >= 0.6 is 12.2 Å². The zero-order chi connectivity index (χ0) is 32.8. The molecule has 3 aromatic rings. The highest BCUT2D eigenvalue weighted by Crippen LogP contribution is 2.37. The van der Waals surface area contributed by atoms with Crippen molar-refractivity contribution < 1.29 is 23.5 Å². The van der Waals surface area contributed by atoms with E-state index in [9.17, 15) is 19.2 Å². The topological polar surface area (TPSA) is 94.9 Å². The van der Waals surface area contributed by atoms with Crippen molar-refractivity contribution in [3.8, 4) is 17.2 Å². The highest BCUT2D eigenvalue weighted by molar-refractivity contribution is 7.81. The van der Waals surface area contributed by atoms with Gasteiger partial charge in [-0.25, -0.2) is 9.18 Å². The number of thiocarbonyl (C=S) groups is 1. The number of nitrogens with one attached hydrogen (secondary N) is 1. The van der Waals surface area contributed by atoms with Gasteiger partial charge in [0.2, 0.25) is 0 Å². The lowest BCUT2D eigenvalue weighted by Crippen LogP contribution is -2.44. The van der Waals surface area contributed by atoms with Crippen LogP contribution in [0.1, 0.15) is 58.6 Å². The Morgan fingerprint density at radius 1 is 1.00 bits per heavy atom. The molecule has 0 unspecified atom stereocenters. The Bertz CT molecular complexity index is 1580. The molecule has 0 spiro atoms. The smallest absolute Gasteiger partial charge is 0.332 e. The van der Waals surface area contributed by atoms with Crippen molar-refractivity contribution >= 4 is 46.3 Å². The van der Waals surface area contributed by atoms with E-state index in [1.54, 1.807) is 24.8 Å². The number of amides is 1.